The molecule has 746 valence electrons. The van der Waals surface area contributed by atoms with Crippen molar-refractivity contribution in [2.45, 2.75) is 217 Å². The Labute approximate surface area is 786 Å². The number of esters is 1. The Morgan fingerprint density at radius 2 is 0.928 bits per heavy atom. The number of hydrogen-bond acceptors (Lipinski definition) is 28. The number of guanidine groups is 1. The number of hydrogen-bond donors (Lipinski definition) is 27. The van der Waals surface area contributed by atoms with Crippen LogP contribution in [-0.4, -0.2) is 280 Å². The molecule has 0 fully saturated rings. The molecule has 2 aromatic heterocycles. The fraction of sp³-hybridized carbons (Fsp3) is 0.459. The molecule has 4 heterocycles. The number of rotatable bonds is 51. The number of aromatic hydroxyl groups is 2. The van der Waals surface area contributed by atoms with Gasteiger partial charge in [-0.05, 0) is 108 Å². The number of urea groups is 1. The van der Waals surface area contributed by atoms with Gasteiger partial charge in [-0.15, -0.1) is 0 Å². The average molecular weight is 1930 g/mol. The zero-order chi connectivity index (χ0) is 102. The van der Waals surface area contributed by atoms with E-state index in [0.717, 1.165) is 20.9 Å². The summed E-state index contributed by atoms with van der Waals surface area (Å²) in [5.74, 6) is -24.7. The highest BCUT2D eigenvalue weighted by atomic mass is 16.6. The molecule has 0 saturated carbocycles. The van der Waals surface area contributed by atoms with Gasteiger partial charge in [0.1, 0.15) is 102 Å². The molecule has 0 bridgehead atoms. The number of amides is 18. The van der Waals surface area contributed by atoms with Gasteiger partial charge in [-0.25, -0.2) is 29.4 Å². The molecule has 3 aromatic carbocycles. The maximum absolute atomic E-state index is 14.3. The third-order valence-corrected chi connectivity index (χ3v) is 21.8. The molecule has 5 aromatic rings. The lowest BCUT2D eigenvalue weighted by Crippen LogP contribution is -2.61. The lowest BCUT2D eigenvalue weighted by Gasteiger charge is -2.36. The highest BCUT2D eigenvalue weighted by molar-refractivity contribution is 6.05. The van der Waals surface area contributed by atoms with Crippen LogP contribution in [0.25, 0.3) is 0 Å². The molecule has 0 unspecified atom stereocenters. The van der Waals surface area contributed by atoms with E-state index in [1.807, 2.05) is 0 Å². The van der Waals surface area contributed by atoms with Crippen molar-refractivity contribution in [3.05, 3.63) is 119 Å². The second-order valence-electron chi connectivity index (χ2n) is 32.9. The number of hydrazine groups is 1. The molecule has 138 heavy (non-hydrogen) atoms. The van der Waals surface area contributed by atoms with Gasteiger partial charge in [0.25, 0.3) is 11.8 Å². The molecular weight excluding hydrogens is 1820 g/mol. The van der Waals surface area contributed by atoms with Crippen molar-refractivity contribution in [3.8, 4) is 23.0 Å². The zero-order valence-corrected chi connectivity index (χ0v) is 76.3. The Morgan fingerprint density at radius 3 is 1.41 bits per heavy atom. The molecule has 30 N–H and O–H groups in total. The first kappa shape index (κ1) is 108. The molecular formula is C85H113N25O28. The number of aliphatic carboxylic acids is 3. The lowest BCUT2D eigenvalue weighted by atomic mass is 9.77. The van der Waals surface area contributed by atoms with Crippen LogP contribution in [0, 0.1) is 17.2 Å². The molecule has 0 radical (unpaired) electrons. The second kappa shape index (κ2) is 50.0. The Kier molecular flexibility index (Phi) is 39.3. The summed E-state index contributed by atoms with van der Waals surface area (Å²) >= 11 is 0. The summed E-state index contributed by atoms with van der Waals surface area (Å²) in [5.41, 5.74) is 17.7. The molecule has 53 heteroatoms. The normalized spacial score (nSPS) is 14.9. The van der Waals surface area contributed by atoms with Gasteiger partial charge in [0.05, 0.1) is 42.6 Å². The fourth-order valence-corrected chi connectivity index (χ4v) is 14.1. The molecule has 53 nitrogen and oxygen atoms in total. The third-order valence-electron chi connectivity index (χ3n) is 21.8. The number of H-pyrrole nitrogens is 2. The summed E-state index contributed by atoms with van der Waals surface area (Å²) in [7, 11) is 1.08. The van der Waals surface area contributed by atoms with Crippen molar-refractivity contribution in [2.24, 2.45) is 29.0 Å². The van der Waals surface area contributed by atoms with Crippen LogP contribution in [0.15, 0.2) is 79.6 Å². The van der Waals surface area contributed by atoms with Gasteiger partial charge < -0.3 is 142 Å². The van der Waals surface area contributed by atoms with Crippen molar-refractivity contribution < 1.29 is 136 Å². The monoisotopic (exact) mass is 1930 g/mol. The van der Waals surface area contributed by atoms with Crippen molar-refractivity contribution in [1.82, 2.24) is 110 Å². The van der Waals surface area contributed by atoms with E-state index in [1.165, 1.54) is 114 Å². The van der Waals surface area contributed by atoms with Gasteiger partial charge in [-0.2, -0.15) is 0 Å². The van der Waals surface area contributed by atoms with Crippen LogP contribution in [0.1, 0.15) is 168 Å². The zero-order valence-electron chi connectivity index (χ0n) is 76.3. The first-order chi connectivity index (χ1) is 65.0. The Bertz CT molecular complexity index is 5350. The van der Waals surface area contributed by atoms with Gasteiger partial charge in [-0.1, -0.05) is 40.2 Å². The number of carboxylic acids is 3. The predicted octanol–water partition coefficient (Wildman–Crippen LogP) is -5.81. The van der Waals surface area contributed by atoms with Crippen molar-refractivity contribution in [1.29, 1.82) is 5.41 Å². The number of aromatic nitrogens is 4. The molecule has 2 aliphatic rings. The summed E-state index contributed by atoms with van der Waals surface area (Å²) in [6.45, 7) is 10.0. The van der Waals surface area contributed by atoms with Crippen LogP contribution in [0.3, 0.4) is 0 Å². The highest BCUT2D eigenvalue weighted by Crippen LogP contribution is 2.57. The number of fused-ring (bicyclic) bond motifs is 6. The number of carbonyl (C=O) groups is 21. The summed E-state index contributed by atoms with van der Waals surface area (Å²) in [6.07, 6.45) is -0.143. The third kappa shape index (κ3) is 31.0. The number of carboxylic acid groups (broad SMARTS) is 3. The Morgan fingerprint density at radius 1 is 0.478 bits per heavy atom. The van der Waals surface area contributed by atoms with Crippen LogP contribution in [0.2, 0.25) is 0 Å². The second-order valence-corrected chi connectivity index (χ2v) is 32.9. The minimum Gasteiger partial charge on any atom is -0.508 e. The first-order valence-electron chi connectivity index (χ1n) is 43.3. The Hall–Kier alpha value is -16.6. The van der Waals surface area contributed by atoms with Crippen LogP contribution >= 0.6 is 0 Å². The van der Waals surface area contributed by atoms with Crippen molar-refractivity contribution in [2.75, 3.05) is 20.1 Å². The number of aromatic amines is 2. The number of phenolic OH excluding ortho intramolecular Hbond substituents is 2. The number of ether oxygens (including phenoxy) is 2. The summed E-state index contributed by atoms with van der Waals surface area (Å²) in [6, 6.07) is -10.2. The number of carbonyl (C=O) groups excluding carboxylic acids is 18. The largest absolute Gasteiger partial charge is 0.508 e. The number of imidazole rings is 2. The SMILES string of the molecule is CC[C@H](C)[C@H](NC(=O)[C@H](CCC(=O)O)NC(=O)[C@H](C)NC(=O)[C@H](Cc1c[nH]cn1)NC(=O)[C@H](C)NC(=O)[C@H](C)NC(=O)[C@H](Cc1c[nH]cn1)NC(=O)[C@@H](NC(=O)N(C)NC(=O)[C@H](CCC(N)=O)NC(=O)c1ccc2c(c1)C(=O)OC21c2ccc(O)cc2Oc2cc(O)ccc21)C(C)C)C(=O)N[C@@H](CC(N)=O)C(=O)N[C@@H](CCC(=O)O)C(=O)N[C@@H](C)C(=O)NCC(=O)N[C@@H](CCCNC(=N)N)C(=O)O. The summed E-state index contributed by atoms with van der Waals surface area (Å²) < 4.78 is 12.1. The minimum atomic E-state index is -1.99. The van der Waals surface area contributed by atoms with Crippen molar-refractivity contribution >= 4 is 130 Å². The van der Waals surface area contributed by atoms with Crippen LogP contribution < -0.4 is 107 Å². The van der Waals surface area contributed by atoms with E-state index in [9.17, 15) is 126 Å². The average Bonchev–Trinajstić information content (AvgIpc) is 1.52. The molecule has 0 saturated heterocycles. The maximum atomic E-state index is 14.3. The quantitative estimate of drug-likeness (QED) is 0.00567. The predicted molar refractivity (Wildman–Crippen MR) is 476 cm³/mol. The summed E-state index contributed by atoms with van der Waals surface area (Å²) in [4.78, 5) is 296. The fourth-order valence-electron chi connectivity index (χ4n) is 14.1. The van der Waals surface area contributed by atoms with E-state index in [1.54, 1.807) is 6.92 Å². The van der Waals surface area contributed by atoms with Gasteiger partial charge >= 0.3 is 29.9 Å². The van der Waals surface area contributed by atoms with E-state index in [0.29, 0.717) is 16.1 Å². The number of nitrogens with two attached hydrogens (primary N) is 3. The van der Waals surface area contributed by atoms with E-state index in [4.69, 9.17) is 32.1 Å². The standard InChI is InChI=1S/C85H113N25O28/c1-10-38(4)67(80(132)106-58(31-62(87)114)77(129)103-52(20-23-64(116)117)73(125)97-39(5)68(120)93-34-63(115)100-55(81(133)134)12-11-25-92-83(88)89)107-74(126)53(21-24-65(118)119)101-70(122)42(8)99-75(127)56(27-44-32-90-35-94-44)104-71(123)41(7)96-69(121)40(6)98-76(128)57(28-45-33-91-36-95-45)105-79(131)66(37(2)3)108-84(136)110(9)109-78(130)54(19-22-61(86)113)102-72(124)43-13-16-49-48(26-43)82(135)138-85(49)50-17-14-46(111)29-59(50)137-60-30-47(112)15-18-51(60)85/h13-18,26,29-30,32-33,35-42,52-58,66-67,111-112H,10-12,19-25,27-28,31,34H2,1-9H3,(H2,86,113)(H2,87,114)(H,90,94)(H,91,95)(H,93,120)(H,96,121)(H,97,125)(H,98,128)(H,99,127)(H,100,115)(H,101,122)(H,102,124)(H,103,129)(H,104,123)(H,105,131)(H,106,132)(H,107,126)(H,108,136)(H,109,130)(H,116,117)(H,118,119)(H,133,134)(H4,88,89,92)/t38-,39-,40-,41-,42-,52-,53-,54-,55-,56-,57-,58-,66-,67-/m0/s1. The van der Waals surface area contributed by atoms with E-state index >= 15 is 0 Å². The minimum absolute atomic E-state index is 0.0832. The topological polar surface area (TPSA) is 833 Å². The van der Waals surface area contributed by atoms with Gasteiger partial charge in [0.2, 0.25) is 82.7 Å². The van der Waals surface area contributed by atoms with Gasteiger partial charge in [-0.3, -0.25) is 97.1 Å². The van der Waals surface area contributed by atoms with E-state index in [-0.39, 0.29) is 95.7 Å². The molecule has 7 rings (SSSR count). The number of nitrogens with one attached hydrogen (secondary N) is 19. The number of benzene rings is 3. The first-order valence-corrected chi connectivity index (χ1v) is 43.3. The van der Waals surface area contributed by atoms with Crippen LogP contribution in [-0.2, 0) is 109 Å². The molecule has 18 amide bonds. The van der Waals surface area contributed by atoms with Gasteiger partial charge in [0.15, 0.2) is 11.6 Å². The molecule has 1 spiro atoms. The van der Waals surface area contributed by atoms with E-state index < -0.39 is 272 Å². The van der Waals surface area contributed by atoms with Gasteiger partial charge in [0, 0.05) is 92.5 Å². The molecule has 14 atom stereocenters. The highest BCUT2D eigenvalue weighted by Gasteiger charge is 2.54. The van der Waals surface area contributed by atoms with Crippen LogP contribution in [0.4, 0.5) is 4.79 Å². The van der Waals surface area contributed by atoms with Crippen LogP contribution in [0.5, 0.6) is 23.0 Å². The number of phenols is 2. The number of nitrogens with zero attached hydrogens (tertiary/aromatic N) is 3. The molecule has 0 aliphatic carbocycles. The number of primary amides is 2. The Balaban J connectivity index is 0.950. The van der Waals surface area contributed by atoms with Crippen molar-refractivity contribution in [3.63, 3.8) is 0 Å². The maximum Gasteiger partial charge on any atom is 0.340 e. The van der Waals surface area contributed by atoms with E-state index in [2.05, 4.69) is 105 Å². The smallest absolute Gasteiger partial charge is 0.340 e. The summed E-state index contributed by atoms with van der Waals surface area (Å²) in [5, 5.41) is 92.9. The molecule has 2 aliphatic heterocycles. The lowest BCUT2D eigenvalue weighted by molar-refractivity contribution is -0.142.